The van der Waals surface area contributed by atoms with Crippen LogP contribution in [0.4, 0.5) is 5.69 Å². The third-order valence-corrected chi connectivity index (χ3v) is 14.7. The summed E-state index contributed by atoms with van der Waals surface area (Å²) in [6.45, 7) is 22.3. The van der Waals surface area contributed by atoms with Crippen LogP contribution >= 0.6 is 35.0 Å². The minimum Gasteiger partial charge on any atom is -0.356 e. The Morgan fingerprint density at radius 1 is 0.845 bits per heavy atom. The first-order valence-corrected chi connectivity index (χ1v) is 28.3. The van der Waals surface area contributed by atoms with E-state index in [9.17, 15) is 24.0 Å². The smallest absolute Gasteiger partial charge is 0.229 e. The maximum absolute atomic E-state index is 11.8. The SMILES string of the molecule is CCCC1CCC(=O)NC1=O.CCCCCCNC(=O)CCCCCC(CN)(CCC)CCCCC.CC\C=C(C)/C=N\C(Sc1cccc(Cl)c1Cl)=C(/C)CC.CCc1c(NC=O)cccc1C(C)=O. The van der Waals surface area contributed by atoms with Gasteiger partial charge in [0.1, 0.15) is 0 Å². The van der Waals surface area contributed by atoms with Gasteiger partial charge in [-0.2, -0.15) is 0 Å². The summed E-state index contributed by atoms with van der Waals surface area (Å²) >= 11 is 13.9. The van der Waals surface area contributed by atoms with Crippen LogP contribution in [0, 0.1) is 11.3 Å². The molecule has 0 radical (unpaired) electrons. The number of amides is 4. The van der Waals surface area contributed by atoms with Crippen molar-refractivity contribution in [2.24, 2.45) is 22.1 Å². The summed E-state index contributed by atoms with van der Waals surface area (Å²) in [4.78, 5) is 60.7. The van der Waals surface area contributed by atoms with Crippen LogP contribution in [0.3, 0.4) is 0 Å². The van der Waals surface area contributed by atoms with Gasteiger partial charge < -0.3 is 16.4 Å². The molecule has 400 valence electrons. The van der Waals surface area contributed by atoms with Crippen molar-refractivity contribution in [3.63, 3.8) is 0 Å². The summed E-state index contributed by atoms with van der Waals surface area (Å²) in [7, 11) is 0. The topological polar surface area (TPSA) is 160 Å². The van der Waals surface area contributed by atoms with Crippen molar-refractivity contribution in [3.8, 4) is 0 Å². The lowest BCUT2D eigenvalue weighted by molar-refractivity contribution is -0.136. The summed E-state index contributed by atoms with van der Waals surface area (Å²) in [5, 5.41) is 10.1. The van der Waals surface area contributed by atoms with Crippen molar-refractivity contribution in [2.75, 3.05) is 18.4 Å². The van der Waals surface area contributed by atoms with E-state index in [-0.39, 0.29) is 29.4 Å². The van der Waals surface area contributed by atoms with E-state index < -0.39 is 0 Å². The molecule has 3 rings (SSSR count). The maximum Gasteiger partial charge on any atom is 0.229 e. The molecule has 2 aromatic rings. The lowest BCUT2D eigenvalue weighted by atomic mass is 9.74. The number of hydrogen-bond acceptors (Lipinski definition) is 8. The summed E-state index contributed by atoms with van der Waals surface area (Å²) in [5.41, 5.74) is 11.2. The van der Waals surface area contributed by atoms with Crippen molar-refractivity contribution in [1.82, 2.24) is 10.6 Å². The lowest BCUT2D eigenvalue weighted by Crippen LogP contribution is -2.40. The number of nitrogens with zero attached hydrogens (tertiary/aromatic N) is 1. The van der Waals surface area contributed by atoms with Gasteiger partial charge in [-0.05, 0) is 132 Å². The number of nitrogens with one attached hydrogen (secondary N) is 3. The highest BCUT2D eigenvalue weighted by molar-refractivity contribution is 8.03. The molecule has 4 amide bonds. The number of imide groups is 1. The first-order valence-electron chi connectivity index (χ1n) is 26.7. The fourth-order valence-electron chi connectivity index (χ4n) is 8.23. The zero-order valence-electron chi connectivity index (χ0n) is 45.5. The van der Waals surface area contributed by atoms with Crippen molar-refractivity contribution in [3.05, 3.63) is 79.8 Å². The van der Waals surface area contributed by atoms with Gasteiger partial charge in [0.15, 0.2) is 5.78 Å². The summed E-state index contributed by atoms with van der Waals surface area (Å²) in [5.74, 6) is 0.137. The lowest BCUT2D eigenvalue weighted by Gasteiger charge is -2.33. The number of allylic oxidation sites excluding steroid dienone is 3. The van der Waals surface area contributed by atoms with Gasteiger partial charge in [0.2, 0.25) is 24.1 Å². The van der Waals surface area contributed by atoms with Gasteiger partial charge in [-0.1, -0.05) is 172 Å². The summed E-state index contributed by atoms with van der Waals surface area (Å²) in [6.07, 6.45) is 28.4. The van der Waals surface area contributed by atoms with E-state index in [1.807, 2.05) is 32.2 Å². The van der Waals surface area contributed by atoms with Gasteiger partial charge in [-0.15, -0.1) is 0 Å². The molecular weight excluding hydrogens is 950 g/mol. The molecule has 0 aliphatic carbocycles. The van der Waals surface area contributed by atoms with E-state index in [1.54, 1.807) is 36.0 Å². The second-order valence-electron chi connectivity index (χ2n) is 18.5. The molecule has 1 saturated heterocycles. The molecule has 1 heterocycles. The fraction of sp³-hybridized carbons (Fsp3) is 0.621. The van der Waals surface area contributed by atoms with Crippen LogP contribution in [-0.2, 0) is 25.6 Å². The molecule has 1 fully saturated rings. The Hall–Kier alpha value is -3.77. The van der Waals surface area contributed by atoms with Crippen LogP contribution in [0.15, 0.2) is 68.5 Å². The van der Waals surface area contributed by atoms with Gasteiger partial charge in [0, 0.05) is 47.7 Å². The molecule has 0 spiro atoms. The highest BCUT2D eigenvalue weighted by Crippen LogP contribution is 2.39. The number of thioether (sulfide) groups is 1. The predicted molar refractivity (Wildman–Crippen MR) is 305 cm³/mol. The third-order valence-electron chi connectivity index (χ3n) is 12.5. The van der Waals surface area contributed by atoms with Gasteiger partial charge >= 0.3 is 0 Å². The van der Waals surface area contributed by atoms with Crippen molar-refractivity contribution in [2.45, 2.75) is 215 Å². The van der Waals surface area contributed by atoms with E-state index in [0.29, 0.717) is 40.3 Å². The number of carbonyl (C=O) groups is 5. The Bertz CT molecular complexity index is 1950. The quantitative estimate of drug-likeness (QED) is 0.0151. The Balaban J connectivity index is 0.000000959. The van der Waals surface area contributed by atoms with Crippen molar-refractivity contribution >= 4 is 76.8 Å². The zero-order valence-corrected chi connectivity index (χ0v) is 47.8. The first kappa shape index (κ1) is 67.2. The van der Waals surface area contributed by atoms with Crippen LogP contribution in [0.1, 0.15) is 220 Å². The molecule has 2 unspecified atom stereocenters. The molecule has 10 nitrogen and oxygen atoms in total. The van der Waals surface area contributed by atoms with Crippen LogP contribution in [-0.4, -0.2) is 49.2 Å². The molecule has 5 N–H and O–H groups in total. The normalized spacial score (nSPS) is 14.6. The molecule has 0 bridgehead atoms. The van der Waals surface area contributed by atoms with E-state index in [1.165, 1.54) is 83.1 Å². The highest BCUT2D eigenvalue weighted by Gasteiger charge is 2.27. The molecule has 13 heteroatoms. The van der Waals surface area contributed by atoms with Gasteiger partial charge in [0.25, 0.3) is 0 Å². The van der Waals surface area contributed by atoms with Crippen LogP contribution < -0.4 is 21.7 Å². The van der Waals surface area contributed by atoms with Crippen molar-refractivity contribution in [1.29, 1.82) is 0 Å². The fourth-order valence-corrected chi connectivity index (χ4v) is 9.68. The third kappa shape index (κ3) is 29.5. The van der Waals surface area contributed by atoms with E-state index in [2.05, 4.69) is 75.5 Å². The number of unbranched alkanes of at least 4 members (excludes halogenated alkanes) is 7. The van der Waals surface area contributed by atoms with E-state index in [4.69, 9.17) is 28.9 Å². The van der Waals surface area contributed by atoms with Gasteiger partial charge in [-0.25, -0.2) is 4.99 Å². The molecule has 2 atom stereocenters. The number of carbonyl (C=O) groups excluding carboxylic acids is 5. The molecular formula is C58H93Cl2N5O5S. The van der Waals surface area contributed by atoms with Crippen LogP contribution in [0.5, 0.6) is 0 Å². The number of nitrogens with two attached hydrogens (primary N) is 1. The number of rotatable bonds is 30. The molecule has 71 heavy (non-hydrogen) atoms. The first-order chi connectivity index (χ1) is 34.1. The zero-order chi connectivity index (χ0) is 53.5. The van der Waals surface area contributed by atoms with E-state index >= 15 is 0 Å². The Morgan fingerprint density at radius 3 is 2.08 bits per heavy atom. The Labute approximate surface area is 444 Å². The number of aliphatic imine (C=N–C) groups is 1. The number of halogens is 2. The van der Waals surface area contributed by atoms with Gasteiger partial charge in [0.05, 0.1) is 15.1 Å². The number of anilines is 1. The molecule has 1 aliphatic rings. The van der Waals surface area contributed by atoms with Crippen LogP contribution in [0.25, 0.3) is 0 Å². The molecule has 0 aromatic heterocycles. The monoisotopic (exact) mass is 1040 g/mol. The number of piperidine rings is 1. The summed E-state index contributed by atoms with van der Waals surface area (Å²) in [6, 6.07) is 11.0. The Kier molecular flexibility index (Phi) is 39.5. The predicted octanol–water partition coefficient (Wildman–Crippen LogP) is 16.0. The Morgan fingerprint density at radius 2 is 1.51 bits per heavy atom. The number of Topliss-reactive ketones (excluding diaryl/α,β-unsaturated/α-hetero) is 1. The largest absolute Gasteiger partial charge is 0.356 e. The maximum atomic E-state index is 11.8. The second-order valence-corrected chi connectivity index (χ2v) is 20.3. The minimum absolute atomic E-state index is 0.0244. The average molecular weight is 1040 g/mol. The number of hydrogen-bond donors (Lipinski definition) is 4. The number of benzene rings is 2. The molecule has 1 aliphatic heterocycles. The van der Waals surface area contributed by atoms with E-state index in [0.717, 1.165) is 97.6 Å². The average Bonchev–Trinajstić information content (AvgIpc) is 3.35. The second kappa shape index (κ2) is 41.7. The molecule has 0 saturated carbocycles. The van der Waals surface area contributed by atoms with Gasteiger partial charge in [-0.3, -0.25) is 29.3 Å². The van der Waals surface area contributed by atoms with Crippen LogP contribution in [0.2, 0.25) is 10.0 Å². The molecule has 2 aromatic carbocycles. The standard InChI is InChI=1S/C22H46N2O.C17H21Cl2NS.C11H13NO2.C8H13NO2/c1-4-7-9-14-19-24-21(25)15-11-10-13-18-22(20-23,16-6-3)17-12-8-5-2;1-5-8-12(3)11-20-17(13(4)6-2)21-15-10-7-9-14(18)16(15)19;1-3-9-10(8(2)14)5-4-6-11(9)12-7-13;1-2-3-6-4-5-7(10)9-8(6)11/h4-20,23H2,1-3H3,(H,24,25);7-11H,5-6H2,1-4H3;4-7H,3H2,1-2H3,(H,12,13);6H,2-5H2,1H3,(H,9,10,11)/b;12-8-,17-13-,20-11-;;. The van der Waals surface area contributed by atoms with Crippen molar-refractivity contribution < 1.29 is 24.0 Å². The highest BCUT2D eigenvalue weighted by atomic mass is 35.5. The summed E-state index contributed by atoms with van der Waals surface area (Å²) < 4.78 is 0. The minimum atomic E-state index is -0.123. The number of ketones is 1.